The summed E-state index contributed by atoms with van der Waals surface area (Å²) in [5.74, 6) is 0. The van der Waals surface area contributed by atoms with Crippen LogP contribution in [-0.4, -0.2) is 11.2 Å². The van der Waals surface area contributed by atoms with Crippen LogP contribution in [0.25, 0.3) is 22.0 Å². The smallest absolute Gasteiger partial charge is 0.0713 e. The highest BCUT2D eigenvalue weighted by Gasteiger charge is 2.07. The van der Waals surface area contributed by atoms with Crippen LogP contribution in [0.2, 0.25) is 0 Å². The minimum atomic E-state index is 1.03. The first kappa shape index (κ1) is 11.3. The second kappa shape index (κ2) is 4.83. The Hall–Kier alpha value is -1.80. The lowest BCUT2D eigenvalue weighted by Crippen LogP contribution is -1.86. The van der Waals surface area contributed by atoms with Crippen LogP contribution in [-0.2, 0) is 0 Å². The van der Waals surface area contributed by atoms with Gasteiger partial charge >= 0.3 is 0 Å². The molecule has 0 saturated heterocycles. The van der Waals surface area contributed by atoms with E-state index in [1.807, 2.05) is 18.3 Å². The maximum atomic E-state index is 4.45. The SMILES string of the molecule is CSc1cc2ccccc2cc1-c1ccccn1. The van der Waals surface area contributed by atoms with Crippen molar-refractivity contribution in [2.24, 2.45) is 0 Å². The Morgan fingerprint density at radius 2 is 1.61 bits per heavy atom. The fourth-order valence-corrected chi connectivity index (χ4v) is 2.74. The van der Waals surface area contributed by atoms with Gasteiger partial charge in [0, 0.05) is 16.7 Å². The van der Waals surface area contributed by atoms with E-state index >= 15 is 0 Å². The van der Waals surface area contributed by atoms with Crippen molar-refractivity contribution in [3.63, 3.8) is 0 Å². The third-order valence-corrected chi connectivity index (χ3v) is 3.79. The quantitative estimate of drug-likeness (QED) is 0.616. The average Bonchev–Trinajstić information content (AvgIpc) is 2.46. The first-order valence-electron chi connectivity index (χ1n) is 5.86. The molecule has 0 aliphatic carbocycles. The highest BCUT2D eigenvalue weighted by atomic mass is 32.2. The van der Waals surface area contributed by atoms with E-state index in [1.54, 1.807) is 11.8 Å². The molecular weight excluding hydrogens is 238 g/mol. The van der Waals surface area contributed by atoms with E-state index in [1.165, 1.54) is 21.2 Å². The van der Waals surface area contributed by atoms with Gasteiger partial charge in [-0.3, -0.25) is 4.98 Å². The minimum Gasteiger partial charge on any atom is -0.256 e. The summed E-state index contributed by atoms with van der Waals surface area (Å²) < 4.78 is 0. The first-order chi connectivity index (χ1) is 8.88. The largest absolute Gasteiger partial charge is 0.256 e. The van der Waals surface area contributed by atoms with Crippen molar-refractivity contribution in [3.05, 3.63) is 60.8 Å². The number of benzene rings is 2. The van der Waals surface area contributed by atoms with Crippen LogP contribution >= 0.6 is 11.8 Å². The molecule has 1 nitrogen and oxygen atoms in total. The normalized spacial score (nSPS) is 10.7. The van der Waals surface area contributed by atoms with E-state index in [2.05, 4.69) is 53.7 Å². The van der Waals surface area contributed by atoms with Crippen LogP contribution in [0.15, 0.2) is 65.7 Å². The van der Waals surface area contributed by atoms with Gasteiger partial charge in [0.2, 0.25) is 0 Å². The topological polar surface area (TPSA) is 12.9 Å². The molecule has 18 heavy (non-hydrogen) atoms. The van der Waals surface area contributed by atoms with E-state index in [4.69, 9.17) is 0 Å². The van der Waals surface area contributed by atoms with Crippen LogP contribution in [0.3, 0.4) is 0 Å². The summed E-state index contributed by atoms with van der Waals surface area (Å²) in [6.07, 6.45) is 3.95. The van der Waals surface area contributed by atoms with Crippen molar-refractivity contribution >= 4 is 22.5 Å². The molecule has 0 aliphatic heterocycles. The zero-order valence-electron chi connectivity index (χ0n) is 10.1. The molecule has 3 rings (SSSR count). The summed E-state index contributed by atoms with van der Waals surface area (Å²) in [5.41, 5.74) is 2.24. The van der Waals surface area contributed by atoms with Crippen molar-refractivity contribution < 1.29 is 0 Å². The maximum absolute atomic E-state index is 4.45. The zero-order chi connectivity index (χ0) is 12.4. The summed E-state index contributed by atoms with van der Waals surface area (Å²) >= 11 is 1.77. The summed E-state index contributed by atoms with van der Waals surface area (Å²) in [7, 11) is 0. The Labute approximate surface area is 111 Å². The third kappa shape index (κ3) is 2.00. The monoisotopic (exact) mass is 251 g/mol. The Morgan fingerprint density at radius 3 is 2.28 bits per heavy atom. The molecule has 88 valence electrons. The fraction of sp³-hybridized carbons (Fsp3) is 0.0625. The molecule has 3 aromatic rings. The molecule has 1 heterocycles. The standard InChI is InChI=1S/C16H13NS/c1-18-16-11-13-7-3-2-6-12(13)10-14(16)15-8-4-5-9-17-15/h2-11H,1H3. The number of fused-ring (bicyclic) bond motifs is 1. The van der Waals surface area contributed by atoms with Gasteiger partial charge in [0.25, 0.3) is 0 Å². The number of hydrogen-bond donors (Lipinski definition) is 0. The number of nitrogens with zero attached hydrogens (tertiary/aromatic N) is 1. The van der Waals surface area contributed by atoms with Crippen molar-refractivity contribution in [1.29, 1.82) is 0 Å². The van der Waals surface area contributed by atoms with Crippen molar-refractivity contribution in [3.8, 4) is 11.3 Å². The van der Waals surface area contributed by atoms with Crippen LogP contribution < -0.4 is 0 Å². The average molecular weight is 251 g/mol. The van der Waals surface area contributed by atoms with Gasteiger partial charge in [0.1, 0.15) is 0 Å². The lowest BCUT2D eigenvalue weighted by atomic mass is 10.0. The molecule has 0 fully saturated rings. The summed E-state index contributed by atoms with van der Waals surface area (Å²) in [6.45, 7) is 0. The Bertz CT molecular complexity index is 677. The fourth-order valence-electron chi connectivity index (χ4n) is 2.11. The molecule has 0 bridgehead atoms. The minimum absolute atomic E-state index is 1.03. The summed E-state index contributed by atoms with van der Waals surface area (Å²) in [6, 6.07) is 18.9. The van der Waals surface area contributed by atoms with Crippen molar-refractivity contribution in [2.45, 2.75) is 4.90 Å². The zero-order valence-corrected chi connectivity index (χ0v) is 10.9. The van der Waals surface area contributed by atoms with Gasteiger partial charge in [-0.25, -0.2) is 0 Å². The molecule has 0 atom stereocenters. The van der Waals surface area contributed by atoms with Gasteiger partial charge in [-0.1, -0.05) is 30.3 Å². The van der Waals surface area contributed by atoms with Gasteiger partial charge in [0.05, 0.1) is 5.69 Å². The lowest BCUT2D eigenvalue weighted by Gasteiger charge is -2.09. The molecular formula is C16H13NS. The number of rotatable bonds is 2. The Balaban J connectivity index is 2.27. The second-order valence-electron chi connectivity index (χ2n) is 4.11. The summed E-state index contributed by atoms with van der Waals surface area (Å²) in [4.78, 5) is 5.72. The first-order valence-corrected chi connectivity index (χ1v) is 7.09. The van der Waals surface area contributed by atoms with Crippen molar-refractivity contribution in [2.75, 3.05) is 6.26 Å². The van der Waals surface area contributed by atoms with Gasteiger partial charge in [-0.05, 0) is 41.3 Å². The van der Waals surface area contributed by atoms with E-state index in [0.717, 1.165) is 5.69 Å². The molecule has 0 unspecified atom stereocenters. The van der Waals surface area contributed by atoms with Crippen molar-refractivity contribution in [1.82, 2.24) is 4.98 Å². The predicted molar refractivity (Wildman–Crippen MR) is 79.0 cm³/mol. The number of hydrogen-bond acceptors (Lipinski definition) is 2. The van der Waals surface area contributed by atoms with Crippen LogP contribution in [0.1, 0.15) is 0 Å². The van der Waals surface area contributed by atoms with E-state index in [-0.39, 0.29) is 0 Å². The molecule has 2 aromatic carbocycles. The maximum Gasteiger partial charge on any atom is 0.0713 e. The molecule has 2 heteroatoms. The van der Waals surface area contributed by atoms with Gasteiger partial charge in [0.15, 0.2) is 0 Å². The van der Waals surface area contributed by atoms with Crippen LogP contribution in [0, 0.1) is 0 Å². The van der Waals surface area contributed by atoms with Gasteiger partial charge in [-0.2, -0.15) is 0 Å². The molecule has 0 radical (unpaired) electrons. The number of aromatic nitrogens is 1. The summed E-state index contributed by atoms with van der Waals surface area (Å²) in [5, 5.41) is 2.54. The van der Waals surface area contributed by atoms with Crippen LogP contribution in [0.4, 0.5) is 0 Å². The predicted octanol–water partition coefficient (Wildman–Crippen LogP) is 4.62. The molecule has 0 amide bonds. The lowest BCUT2D eigenvalue weighted by molar-refractivity contribution is 1.30. The highest BCUT2D eigenvalue weighted by Crippen LogP contribution is 2.32. The molecule has 1 aromatic heterocycles. The van der Waals surface area contributed by atoms with Gasteiger partial charge in [-0.15, -0.1) is 11.8 Å². The highest BCUT2D eigenvalue weighted by molar-refractivity contribution is 7.98. The molecule has 0 saturated carbocycles. The van der Waals surface area contributed by atoms with Gasteiger partial charge < -0.3 is 0 Å². The number of thioether (sulfide) groups is 1. The second-order valence-corrected chi connectivity index (χ2v) is 4.96. The van der Waals surface area contributed by atoms with E-state index < -0.39 is 0 Å². The van der Waals surface area contributed by atoms with E-state index in [9.17, 15) is 0 Å². The van der Waals surface area contributed by atoms with E-state index in [0.29, 0.717) is 0 Å². The Morgan fingerprint density at radius 1 is 0.889 bits per heavy atom. The van der Waals surface area contributed by atoms with Crippen LogP contribution in [0.5, 0.6) is 0 Å². The number of pyridine rings is 1. The molecule has 0 N–H and O–H groups in total. The molecule has 0 aliphatic rings. The Kier molecular flexibility index (Phi) is 3.03. The molecule has 0 spiro atoms. The third-order valence-electron chi connectivity index (χ3n) is 3.01.